The molecule has 0 saturated heterocycles. The number of unbranched alkanes of at least 4 members (excludes halogenated alkanes) is 6. The van der Waals surface area contributed by atoms with E-state index in [1.165, 1.54) is 25.7 Å². The zero-order chi connectivity index (χ0) is 18.5. The maximum absolute atomic E-state index is 12.2. The molecule has 0 spiro atoms. The van der Waals surface area contributed by atoms with E-state index in [-0.39, 0.29) is 18.8 Å². The zero-order valence-electron chi connectivity index (χ0n) is 14.7. The lowest BCUT2D eigenvalue weighted by atomic mass is 9.90. The van der Waals surface area contributed by atoms with E-state index in [0.717, 1.165) is 25.7 Å². The van der Waals surface area contributed by atoms with Crippen LogP contribution in [0.3, 0.4) is 0 Å². The third kappa shape index (κ3) is 17.9. The van der Waals surface area contributed by atoms with Gasteiger partial charge in [-0.1, -0.05) is 71.1 Å². The first kappa shape index (κ1) is 23.6. The van der Waals surface area contributed by atoms with Gasteiger partial charge in [0.2, 0.25) is 0 Å². The number of hydrogen-bond acceptors (Lipinski definition) is 0. The predicted octanol–water partition coefficient (Wildman–Crippen LogP) is 8.21. The van der Waals surface area contributed by atoms with Crippen LogP contribution < -0.4 is 0 Å². The quantitative estimate of drug-likeness (QED) is 0.216. The summed E-state index contributed by atoms with van der Waals surface area (Å²) in [5.74, 6) is -0.00894. The average molecular weight is 362 g/mol. The minimum Gasteiger partial charge on any atom is -0.171 e. The molecule has 0 aliphatic rings. The first-order valence-electron chi connectivity index (χ1n) is 9.27. The Morgan fingerprint density at radius 2 is 0.917 bits per heavy atom. The Hall–Kier alpha value is -0.420. The Balaban J connectivity index is 3.98. The molecule has 6 heteroatoms. The van der Waals surface area contributed by atoms with Crippen molar-refractivity contribution in [3.63, 3.8) is 0 Å². The zero-order valence-corrected chi connectivity index (χ0v) is 14.7. The molecule has 0 amide bonds. The lowest BCUT2D eigenvalue weighted by Gasteiger charge is -2.18. The van der Waals surface area contributed by atoms with Crippen molar-refractivity contribution in [2.24, 2.45) is 5.92 Å². The topological polar surface area (TPSA) is 0 Å². The number of alkyl halides is 6. The van der Waals surface area contributed by atoms with Crippen LogP contribution in [-0.2, 0) is 0 Å². The van der Waals surface area contributed by atoms with Gasteiger partial charge in [-0.25, -0.2) is 0 Å². The predicted molar refractivity (Wildman–Crippen MR) is 85.9 cm³/mol. The molecule has 0 aromatic carbocycles. The Kier molecular flexibility index (Phi) is 12.6. The lowest BCUT2D eigenvalue weighted by Crippen LogP contribution is -2.11. The van der Waals surface area contributed by atoms with E-state index in [0.29, 0.717) is 12.8 Å². The molecule has 0 rings (SSSR count). The fraction of sp³-hybridized carbons (Fsp3) is 1.00. The van der Waals surface area contributed by atoms with Crippen LogP contribution in [0.4, 0.5) is 26.3 Å². The molecule has 0 radical (unpaired) electrons. The number of rotatable bonds is 14. The Morgan fingerprint density at radius 1 is 0.542 bits per heavy atom. The minimum atomic E-state index is -4.17. The van der Waals surface area contributed by atoms with Gasteiger partial charge < -0.3 is 0 Å². The SMILES string of the molecule is CCCCCCCCCC(CCCC(F)(F)F)CCCC(F)(F)F. The van der Waals surface area contributed by atoms with E-state index < -0.39 is 25.2 Å². The number of hydrogen-bond donors (Lipinski definition) is 0. The first-order valence-corrected chi connectivity index (χ1v) is 9.27. The van der Waals surface area contributed by atoms with Crippen molar-refractivity contribution in [2.75, 3.05) is 0 Å². The third-order valence-electron chi connectivity index (χ3n) is 4.36. The molecule has 0 aromatic rings. The van der Waals surface area contributed by atoms with Crippen LogP contribution in [0, 0.1) is 5.92 Å². The largest absolute Gasteiger partial charge is 0.389 e. The smallest absolute Gasteiger partial charge is 0.171 e. The van der Waals surface area contributed by atoms with Gasteiger partial charge in [0, 0.05) is 12.8 Å². The first-order chi connectivity index (χ1) is 11.1. The summed E-state index contributed by atoms with van der Waals surface area (Å²) in [6.07, 6.45) is -0.621. The molecule has 0 N–H and O–H groups in total. The van der Waals surface area contributed by atoms with Crippen molar-refractivity contribution in [1.82, 2.24) is 0 Å². The van der Waals surface area contributed by atoms with E-state index in [2.05, 4.69) is 6.92 Å². The van der Waals surface area contributed by atoms with E-state index >= 15 is 0 Å². The van der Waals surface area contributed by atoms with Crippen LogP contribution in [0.5, 0.6) is 0 Å². The molecular formula is C18H32F6. The van der Waals surface area contributed by atoms with Gasteiger partial charge in [0.15, 0.2) is 0 Å². The van der Waals surface area contributed by atoms with Gasteiger partial charge in [-0.05, 0) is 18.8 Å². The van der Waals surface area contributed by atoms with Gasteiger partial charge in [-0.15, -0.1) is 0 Å². The van der Waals surface area contributed by atoms with Crippen LogP contribution in [0.1, 0.15) is 96.8 Å². The summed E-state index contributed by atoms with van der Waals surface area (Å²) >= 11 is 0. The second-order valence-electron chi connectivity index (χ2n) is 6.79. The van der Waals surface area contributed by atoms with Crippen LogP contribution >= 0.6 is 0 Å². The highest BCUT2D eigenvalue weighted by molar-refractivity contribution is 4.64. The van der Waals surface area contributed by atoms with E-state index in [4.69, 9.17) is 0 Å². The van der Waals surface area contributed by atoms with Crippen molar-refractivity contribution in [3.05, 3.63) is 0 Å². The summed E-state index contributed by atoms with van der Waals surface area (Å²) in [5.41, 5.74) is 0. The van der Waals surface area contributed by atoms with Gasteiger partial charge in [0.1, 0.15) is 0 Å². The normalized spacial score (nSPS) is 13.0. The Morgan fingerprint density at radius 3 is 1.33 bits per heavy atom. The van der Waals surface area contributed by atoms with Gasteiger partial charge in [0.05, 0.1) is 0 Å². The highest BCUT2D eigenvalue weighted by Crippen LogP contribution is 2.30. The fourth-order valence-corrected chi connectivity index (χ4v) is 3.01. The van der Waals surface area contributed by atoms with Crippen molar-refractivity contribution < 1.29 is 26.3 Å². The van der Waals surface area contributed by atoms with Crippen molar-refractivity contribution in [1.29, 1.82) is 0 Å². The van der Waals surface area contributed by atoms with Crippen LogP contribution in [0.2, 0.25) is 0 Å². The van der Waals surface area contributed by atoms with Gasteiger partial charge in [-0.3, -0.25) is 0 Å². The summed E-state index contributed by atoms with van der Waals surface area (Å²) in [7, 11) is 0. The lowest BCUT2D eigenvalue weighted by molar-refractivity contribution is -0.136. The Bertz CT molecular complexity index is 262. The molecule has 0 aromatic heterocycles. The summed E-state index contributed by atoms with van der Waals surface area (Å²) < 4.78 is 73.3. The molecule has 0 atom stereocenters. The van der Waals surface area contributed by atoms with Crippen molar-refractivity contribution in [2.45, 2.75) is 109 Å². The summed E-state index contributed by atoms with van der Waals surface area (Å²) in [6, 6.07) is 0. The second kappa shape index (κ2) is 12.9. The molecule has 0 saturated carbocycles. The molecule has 0 unspecified atom stereocenters. The van der Waals surface area contributed by atoms with Crippen molar-refractivity contribution >= 4 is 0 Å². The van der Waals surface area contributed by atoms with Crippen LogP contribution in [0.15, 0.2) is 0 Å². The summed E-state index contributed by atoms with van der Waals surface area (Å²) in [5, 5.41) is 0. The molecule has 0 nitrogen and oxygen atoms in total. The molecule has 0 aliphatic carbocycles. The molecule has 0 heterocycles. The van der Waals surface area contributed by atoms with Gasteiger partial charge in [0.25, 0.3) is 0 Å². The van der Waals surface area contributed by atoms with Crippen LogP contribution in [-0.4, -0.2) is 12.4 Å². The monoisotopic (exact) mass is 362 g/mol. The van der Waals surface area contributed by atoms with E-state index in [1.54, 1.807) is 0 Å². The summed E-state index contributed by atoms with van der Waals surface area (Å²) in [4.78, 5) is 0. The van der Waals surface area contributed by atoms with Crippen LogP contribution in [0.25, 0.3) is 0 Å². The highest BCUT2D eigenvalue weighted by Gasteiger charge is 2.28. The molecule has 24 heavy (non-hydrogen) atoms. The van der Waals surface area contributed by atoms with Gasteiger partial charge in [-0.2, -0.15) is 26.3 Å². The molecule has 0 aliphatic heterocycles. The fourth-order valence-electron chi connectivity index (χ4n) is 3.01. The third-order valence-corrected chi connectivity index (χ3v) is 4.36. The Labute approximate surface area is 142 Å². The molecule has 146 valence electrons. The van der Waals surface area contributed by atoms with E-state index in [9.17, 15) is 26.3 Å². The standard InChI is InChI=1S/C18H32F6/c1-2-3-4-5-6-7-8-11-16(12-9-14-17(19,20)21)13-10-15-18(22,23)24/h16H,2-15H2,1H3. The average Bonchev–Trinajstić information content (AvgIpc) is 2.43. The van der Waals surface area contributed by atoms with Crippen molar-refractivity contribution in [3.8, 4) is 0 Å². The maximum atomic E-state index is 12.2. The second-order valence-corrected chi connectivity index (χ2v) is 6.79. The molecular weight excluding hydrogens is 330 g/mol. The number of halogens is 6. The molecule has 0 fully saturated rings. The van der Waals surface area contributed by atoms with E-state index in [1.807, 2.05) is 0 Å². The summed E-state index contributed by atoms with van der Waals surface area (Å²) in [6.45, 7) is 2.15. The maximum Gasteiger partial charge on any atom is 0.389 e. The van der Waals surface area contributed by atoms with Gasteiger partial charge >= 0.3 is 12.4 Å². The molecule has 0 bridgehead atoms. The highest BCUT2D eigenvalue weighted by atomic mass is 19.4. The minimum absolute atomic E-state index is 0.00894.